The first kappa shape index (κ1) is 24.9. The van der Waals surface area contributed by atoms with E-state index in [1.54, 1.807) is 18.2 Å². The van der Waals surface area contributed by atoms with Crippen molar-refractivity contribution < 1.29 is 10.2 Å². The van der Waals surface area contributed by atoms with Gasteiger partial charge in [0.05, 0.1) is 29.5 Å². The summed E-state index contributed by atoms with van der Waals surface area (Å²) in [6.45, 7) is 6.37. The third kappa shape index (κ3) is 5.90. The normalized spacial score (nSPS) is 15.9. The van der Waals surface area contributed by atoms with Gasteiger partial charge < -0.3 is 20.6 Å². The van der Waals surface area contributed by atoms with Crippen LogP contribution >= 0.6 is 0 Å². The van der Waals surface area contributed by atoms with E-state index in [-0.39, 0.29) is 5.76 Å². The molecule has 0 fully saturated rings. The highest BCUT2D eigenvalue weighted by molar-refractivity contribution is 5.88. The van der Waals surface area contributed by atoms with Crippen molar-refractivity contribution >= 4 is 34.7 Å². The number of nitrogens with zero attached hydrogens (tertiary/aromatic N) is 3. The second-order valence-electron chi connectivity index (χ2n) is 8.89. The fraction of sp³-hybridized carbons (Fsp3) is 0.250. The number of aromatic amines is 2. The van der Waals surface area contributed by atoms with Crippen molar-refractivity contribution in [3.05, 3.63) is 88.8 Å². The van der Waals surface area contributed by atoms with Crippen LogP contribution in [-0.4, -0.2) is 54.6 Å². The lowest BCUT2D eigenvalue weighted by Gasteiger charge is -2.25. The largest absolute Gasteiger partial charge is 0.516 e. The minimum absolute atomic E-state index is 0.138. The Morgan fingerprint density at radius 1 is 1.28 bits per heavy atom. The third-order valence-corrected chi connectivity index (χ3v) is 6.28. The molecule has 1 aliphatic rings. The molecule has 0 saturated heterocycles. The Hall–Kier alpha value is -4.17. The highest BCUT2D eigenvalue weighted by Gasteiger charge is 2.15. The summed E-state index contributed by atoms with van der Waals surface area (Å²) in [4.78, 5) is 10.5. The van der Waals surface area contributed by atoms with Crippen LogP contribution in [0, 0.1) is 12.3 Å². The summed E-state index contributed by atoms with van der Waals surface area (Å²) in [5, 5.41) is 34.2. The van der Waals surface area contributed by atoms with E-state index < -0.39 is 0 Å². The minimum atomic E-state index is 0.138. The maximum atomic E-state index is 10.9. The first-order chi connectivity index (χ1) is 17.5. The van der Waals surface area contributed by atoms with Crippen molar-refractivity contribution in [1.29, 1.82) is 5.41 Å². The van der Waals surface area contributed by atoms with Gasteiger partial charge >= 0.3 is 0 Å². The van der Waals surface area contributed by atoms with Crippen LogP contribution in [-0.2, 0) is 6.54 Å². The molecule has 1 aromatic carbocycles. The Kier molecular flexibility index (Phi) is 7.97. The summed E-state index contributed by atoms with van der Waals surface area (Å²) in [5.74, 6) is 1.04. The third-order valence-electron chi connectivity index (χ3n) is 6.28. The number of hydrogen-bond acceptors (Lipinski definition) is 6. The molecule has 2 aromatic heterocycles. The average molecular weight is 485 g/mol. The molecule has 0 bridgehead atoms. The molecule has 0 spiro atoms. The first-order valence-corrected chi connectivity index (χ1v) is 12.0. The molecule has 1 aliphatic heterocycles. The number of aliphatic hydroxyl groups excluding tert-OH is 2. The molecular formula is C28H32N6O2. The molecular weight excluding hydrogens is 452 g/mol. The molecule has 0 unspecified atom stereocenters. The van der Waals surface area contributed by atoms with Crippen LogP contribution in [0.5, 0.6) is 0 Å². The summed E-state index contributed by atoms with van der Waals surface area (Å²) in [7, 11) is 0. The molecule has 0 saturated carbocycles. The van der Waals surface area contributed by atoms with Crippen LogP contribution in [0.15, 0.2) is 60.4 Å². The molecule has 4 rings (SSSR count). The van der Waals surface area contributed by atoms with E-state index >= 15 is 0 Å². The molecule has 0 atom stereocenters. The number of fused-ring (bicyclic) bond motifs is 1. The van der Waals surface area contributed by atoms with Crippen LogP contribution < -0.4 is 0 Å². The smallest absolute Gasteiger partial charge is 0.123 e. The van der Waals surface area contributed by atoms with Crippen molar-refractivity contribution in [3.63, 3.8) is 0 Å². The number of aliphatic hydroxyl groups is 2. The number of hydrogen-bond donors (Lipinski definition) is 5. The molecule has 0 aliphatic carbocycles. The van der Waals surface area contributed by atoms with Gasteiger partial charge in [0.1, 0.15) is 11.6 Å². The number of H-pyrrole nitrogens is 2. The fourth-order valence-electron chi connectivity index (χ4n) is 4.28. The quantitative estimate of drug-likeness (QED) is 0.113. The minimum Gasteiger partial charge on any atom is -0.516 e. The van der Waals surface area contributed by atoms with Gasteiger partial charge in [0.2, 0.25) is 0 Å². The zero-order chi connectivity index (χ0) is 25.5. The summed E-state index contributed by atoms with van der Waals surface area (Å²) < 4.78 is 0. The van der Waals surface area contributed by atoms with Gasteiger partial charge in [-0.15, -0.1) is 0 Å². The molecule has 36 heavy (non-hydrogen) atoms. The van der Waals surface area contributed by atoms with Gasteiger partial charge in [-0.25, -0.2) is 4.98 Å². The number of imidazole rings is 1. The van der Waals surface area contributed by atoms with E-state index in [4.69, 9.17) is 15.5 Å². The highest BCUT2D eigenvalue weighted by Crippen LogP contribution is 2.26. The first-order valence-electron chi connectivity index (χ1n) is 12.0. The molecule has 8 heteroatoms. The molecule has 186 valence electrons. The Balaban J connectivity index is 1.47. The summed E-state index contributed by atoms with van der Waals surface area (Å²) in [6, 6.07) is 5.69. The number of rotatable bonds is 9. The van der Waals surface area contributed by atoms with Gasteiger partial charge in [-0.3, -0.25) is 10.00 Å². The summed E-state index contributed by atoms with van der Waals surface area (Å²) in [5.41, 5.74) is 7.03. The van der Waals surface area contributed by atoms with Gasteiger partial charge in [-0.1, -0.05) is 23.8 Å². The van der Waals surface area contributed by atoms with Crippen molar-refractivity contribution in [3.8, 4) is 0 Å². The van der Waals surface area contributed by atoms with Crippen LogP contribution in [0.4, 0.5) is 0 Å². The molecule has 3 aromatic rings. The second kappa shape index (κ2) is 11.5. The topological polar surface area (TPSA) is 125 Å². The van der Waals surface area contributed by atoms with Crippen LogP contribution in [0.3, 0.4) is 0 Å². The monoisotopic (exact) mass is 484 g/mol. The number of nitrogens with one attached hydrogen (secondary N) is 3. The van der Waals surface area contributed by atoms with Crippen LogP contribution in [0.1, 0.15) is 48.1 Å². The lowest BCUT2D eigenvalue weighted by molar-refractivity contribution is 0.279. The molecule has 3 heterocycles. The van der Waals surface area contributed by atoms with E-state index in [0.29, 0.717) is 11.3 Å². The Bertz CT molecular complexity index is 1390. The lowest BCUT2D eigenvalue weighted by atomic mass is 10.0. The van der Waals surface area contributed by atoms with E-state index in [0.717, 1.165) is 72.4 Å². The number of aromatic nitrogens is 4. The average Bonchev–Trinajstić information content (AvgIpc) is 3.45. The van der Waals surface area contributed by atoms with Crippen molar-refractivity contribution in [2.45, 2.75) is 33.2 Å². The van der Waals surface area contributed by atoms with Gasteiger partial charge in [-0.05, 0) is 68.7 Å². The van der Waals surface area contributed by atoms with E-state index in [2.05, 4.69) is 32.2 Å². The highest BCUT2D eigenvalue weighted by atomic mass is 16.3. The fourth-order valence-corrected chi connectivity index (χ4v) is 4.28. The lowest BCUT2D eigenvalue weighted by Crippen LogP contribution is -2.28. The van der Waals surface area contributed by atoms with Crippen molar-refractivity contribution in [2.75, 3.05) is 13.1 Å². The Labute approximate surface area is 210 Å². The predicted molar refractivity (Wildman–Crippen MR) is 146 cm³/mol. The summed E-state index contributed by atoms with van der Waals surface area (Å²) >= 11 is 0. The van der Waals surface area contributed by atoms with Gasteiger partial charge in [0, 0.05) is 36.1 Å². The predicted octanol–water partition coefficient (Wildman–Crippen LogP) is 5.85. The van der Waals surface area contributed by atoms with Crippen molar-refractivity contribution in [2.24, 2.45) is 0 Å². The standard InChI is InChI=1S/C28H32N6O2/c1-19(9-12-29)28-23(20(2)32-33-28)17-26(36)22-7-8-24-25(16-22)31-27(30-24)18-34-13-10-21(11-14-34)6-4-3-5-15-35/h3-5,7-10,12,15-17,29,35-36H,6,11,13-14,18H2,1-2H3,(H,30,31)(H,32,33)/b4-3-,15-5+,19-9-,26-17+,29-12?. The van der Waals surface area contributed by atoms with Gasteiger partial charge in [0.25, 0.3) is 0 Å². The van der Waals surface area contributed by atoms with Gasteiger partial charge in [0.15, 0.2) is 0 Å². The van der Waals surface area contributed by atoms with Gasteiger partial charge in [-0.2, -0.15) is 5.10 Å². The molecule has 0 radical (unpaired) electrons. The van der Waals surface area contributed by atoms with E-state index in [1.807, 2.05) is 38.1 Å². The summed E-state index contributed by atoms with van der Waals surface area (Å²) in [6.07, 6.45) is 15.4. The van der Waals surface area contributed by atoms with Crippen LogP contribution in [0.25, 0.3) is 28.4 Å². The van der Waals surface area contributed by atoms with E-state index in [1.165, 1.54) is 11.8 Å². The second-order valence-corrected chi connectivity index (χ2v) is 8.89. The SMILES string of the molecule is C/C(=C/C=N)c1n[nH]c(C)c1/C=C(/O)c1ccc2nc(CN3CC=C(C/C=C\C=C\O)CC3)[nH]c2c1. The van der Waals surface area contributed by atoms with E-state index in [9.17, 15) is 5.11 Å². The Morgan fingerprint density at radius 3 is 2.89 bits per heavy atom. The molecule has 0 amide bonds. The number of benzene rings is 1. The van der Waals surface area contributed by atoms with Crippen LogP contribution in [0.2, 0.25) is 0 Å². The number of allylic oxidation sites excluding steroid dienone is 5. The zero-order valence-electron chi connectivity index (χ0n) is 20.6. The molecule has 5 N–H and O–H groups in total. The Morgan fingerprint density at radius 2 is 2.14 bits per heavy atom. The maximum absolute atomic E-state index is 10.9. The number of aryl methyl sites for hydroxylation is 1. The zero-order valence-corrected chi connectivity index (χ0v) is 20.6. The molecule has 8 nitrogen and oxygen atoms in total. The van der Waals surface area contributed by atoms with Crippen molar-refractivity contribution in [1.82, 2.24) is 25.1 Å². The maximum Gasteiger partial charge on any atom is 0.123 e.